The maximum absolute atomic E-state index is 11.6. The zero-order valence-electron chi connectivity index (χ0n) is 9.07. The van der Waals surface area contributed by atoms with Gasteiger partial charge in [0, 0.05) is 10.5 Å². The first-order valence-corrected chi connectivity index (χ1v) is 6.02. The molecule has 0 aliphatic heterocycles. The van der Waals surface area contributed by atoms with Crippen molar-refractivity contribution in [1.29, 1.82) is 0 Å². The largest absolute Gasteiger partial charge is 0.469 e. The number of benzene rings is 1. The minimum atomic E-state index is -0.226. The Bertz CT molecular complexity index is 419. The van der Waals surface area contributed by atoms with E-state index in [-0.39, 0.29) is 17.9 Å². The molecule has 0 spiro atoms. The van der Waals surface area contributed by atoms with Crippen molar-refractivity contribution in [2.24, 2.45) is 11.7 Å². The lowest BCUT2D eigenvalue weighted by Crippen LogP contribution is -2.42. The molecule has 0 radical (unpaired) electrons. The minimum Gasteiger partial charge on any atom is -0.469 e. The molecule has 2 unspecified atom stereocenters. The molecule has 3 nitrogen and oxygen atoms in total. The number of carbonyl (C=O) groups is 1. The van der Waals surface area contributed by atoms with Crippen molar-refractivity contribution in [1.82, 2.24) is 0 Å². The quantitative estimate of drug-likeness (QED) is 0.798. The molecule has 0 saturated carbocycles. The number of hydrogen-bond donors (Lipinski definition) is 1. The van der Waals surface area contributed by atoms with E-state index >= 15 is 0 Å². The lowest BCUT2D eigenvalue weighted by Gasteiger charge is -2.29. The van der Waals surface area contributed by atoms with Gasteiger partial charge in [-0.2, -0.15) is 0 Å². The van der Waals surface area contributed by atoms with Crippen molar-refractivity contribution >= 4 is 21.9 Å². The summed E-state index contributed by atoms with van der Waals surface area (Å²) in [6.45, 7) is 0. The number of methoxy groups -OCH3 is 1. The lowest BCUT2D eigenvalue weighted by atomic mass is 9.80. The summed E-state index contributed by atoms with van der Waals surface area (Å²) in [5.74, 6) is -0.440. The van der Waals surface area contributed by atoms with E-state index in [9.17, 15) is 4.79 Å². The SMILES string of the molecule is COC(=O)C1Cc2c(Br)cccc2CC1N. The van der Waals surface area contributed by atoms with Crippen LogP contribution >= 0.6 is 15.9 Å². The highest BCUT2D eigenvalue weighted by Gasteiger charge is 2.32. The topological polar surface area (TPSA) is 52.3 Å². The van der Waals surface area contributed by atoms with Gasteiger partial charge in [0.2, 0.25) is 0 Å². The number of carbonyl (C=O) groups excluding carboxylic acids is 1. The van der Waals surface area contributed by atoms with E-state index in [0.29, 0.717) is 6.42 Å². The van der Waals surface area contributed by atoms with E-state index in [1.807, 2.05) is 12.1 Å². The van der Waals surface area contributed by atoms with Crippen molar-refractivity contribution in [3.05, 3.63) is 33.8 Å². The Hall–Kier alpha value is -0.870. The molecule has 2 atom stereocenters. The number of esters is 1. The van der Waals surface area contributed by atoms with E-state index in [4.69, 9.17) is 10.5 Å². The molecule has 1 aromatic carbocycles. The molecule has 0 heterocycles. The summed E-state index contributed by atoms with van der Waals surface area (Å²) < 4.78 is 5.83. The van der Waals surface area contributed by atoms with E-state index in [0.717, 1.165) is 10.9 Å². The summed E-state index contributed by atoms with van der Waals surface area (Å²) in [7, 11) is 1.41. The highest BCUT2D eigenvalue weighted by atomic mass is 79.9. The zero-order chi connectivity index (χ0) is 11.7. The summed E-state index contributed by atoms with van der Waals surface area (Å²) >= 11 is 3.51. The third kappa shape index (κ3) is 1.99. The van der Waals surface area contributed by atoms with Crippen LogP contribution in [0.1, 0.15) is 11.1 Å². The molecule has 4 heteroatoms. The van der Waals surface area contributed by atoms with E-state index < -0.39 is 0 Å². The van der Waals surface area contributed by atoms with Crippen LogP contribution in [-0.4, -0.2) is 19.1 Å². The van der Waals surface area contributed by atoms with Crippen LogP contribution in [0.15, 0.2) is 22.7 Å². The number of ether oxygens (including phenoxy) is 1. The highest BCUT2D eigenvalue weighted by molar-refractivity contribution is 9.10. The van der Waals surface area contributed by atoms with Gasteiger partial charge in [-0.25, -0.2) is 0 Å². The first kappa shape index (κ1) is 11.6. The Morgan fingerprint density at radius 1 is 1.50 bits per heavy atom. The molecule has 2 rings (SSSR count). The van der Waals surface area contributed by atoms with Crippen LogP contribution in [0.2, 0.25) is 0 Å². The van der Waals surface area contributed by atoms with Crippen molar-refractivity contribution in [2.75, 3.05) is 7.11 Å². The predicted molar refractivity (Wildman–Crippen MR) is 65.0 cm³/mol. The first-order chi connectivity index (χ1) is 7.63. The molecule has 86 valence electrons. The van der Waals surface area contributed by atoms with Gasteiger partial charge in [0.05, 0.1) is 13.0 Å². The number of fused-ring (bicyclic) bond motifs is 1. The molecule has 0 amide bonds. The van der Waals surface area contributed by atoms with Crippen LogP contribution < -0.4 is 5.73 Å². The Labute approximate surface area is 103 Å². The summed E-state index contributed by atoms with van der Waals surface area (Å²) in [5.41, 5.74) is 8.41. The second kappa shape index (κ2) is 4.55. The lowest BCUT2D eigenvalue weighted by molar-refractivity contribution is -0.146. The fraction of sp³-hybridized carbons (Fsp3) is 0.417. The second-order valence-electron chi connectivity index (χ2n) is 4.08. The number of hydrogen-bond acceptors (Lipinski definition) is 3. The van der Waals surface area contributed by atoms with Gasteiger partial charge in [0.25, 0.3) is 0 Å². The fourth-order valence-corrected chi connectivity index (χ4v) is 2.77. The van der Waals surface area contributed by atoms with E-state index in [2.05, 4.69) is 22.0 Å². The average Bonchev–Trinajstić information content (AvgIpc) is 2.28. The molecule has 0 fully saturated rings. The van der Waals surface area contributed by atoms with Crippen molar-refractivity contribution < 1.29 is 9.53 Å². The van der Waals surface area contributed by atoms with Gasteiger partial charge in [0.15, 0.2) is 0 Å². The summed E-state index contributed by atoms with van der Waals surface area (Å²) in [5, 5.41) is 0. The fourth-order valence-electron chi connectivity index (χ4n) is 2.20. The first-order valence-electron chi connectivity index (χ1n) is 5.23. The maximum atomic E-state index is 11.6. The van der Waals surface area contributed by atoms with Crippen LogP contribution in [0, 0.1) is 5.92 Å². The third-order valence-corrected chi connectivity index (χ3v) is 3.86. The number of rotatable bonds is 1. The number of nitrogens with two attached hydrogens (primary N) is 1. The van der Waals surface area contributed by atoms with Crippen LogP contribution in [0.5, 0.6) is 0 Å². The standard InChI is InChI=1S/C12H14BrNO2/c1-16-12(15)9-6-8-7(5-11(9)14)3-2-4-10(8)13/h2-4,9,11H,5-6,14H2,1H3. The van der Waals surface area contributed by atoms with Crippen LogP contribution in [0.3, 0.4) is 0 Å². The Balaban J connectivity index is 2.33. The van der Waals surface area contributed by atoms with Gasteiger partial charge in [0.1, 0.15) is 0 Å². The highest BCUT2D eigenvalue weighted by Crippen LogP contribution is 2.30. The van der Waals surface area contributed by atoms with E-state index in [1.165, 1.54) is 18.2 Å². The number of halogens is 1. The molecule has 2 N–H and O–H groups in total. The third-order valence-electron chi connectivity index (χ3n) is 3.12. The molecular formula is C12H14BrNO2. The Morgan fingerprint density at radius 3 is 2.94 bits per heavy atom. The molecule has 0 bridgehead atoms. The Kier molecular flexibility index (Phi) is 3.30. The average molecular weight is 284 g/mol. The smallest absolute Gasteiger partial charge is 0.310 e. The van der Waals surface area contributed by atoms with Crippen LogP contribution in [0.4, 0.5) is 0 Å². The Morgan fingerprint density at radius 2 is 2.25 bits per heavy atom. The normalized spacial score (nSPS) is 23.7. The van der Waals surface area contributed by atoms with Gasteiger partial charge in [-0.15, -0.1) is 0 Å². The molecular weight excluding hydrogens is 270 g/mol. The second-order valence-corrected chi connectivity index (χ2v) is 4.93. The van der Waals surface area contributed by atoms with Crippen molar-refractivity contribution in [2.45, 2.75) is 18.9 Å². The van der Waals surface area contributed by atoms with Crippen molar-refractivity contribution in [3.63, 3.8) is 0 Å². The zero-order valence-corrected chi connectivity index (χ0v) is 10.7. The summed E-state index contributed by atoms with van der Waals surface area (Å²) in [6.07, 6.45) is 1.39. The van der Waals surface area contributed by atoms with Gasteiger partial charge in [-0.1, -0.05) is 28.1 Å². The molecule has 0 saturated heterocycles. The predicted octanol–water partition coefficient (Wildman–Crippen LogP) is 1.66. The van der Waals surface area contributed by atoms with E-state index in [1.54, 1.807) is 0 Å². The molecule has 16 heavy (non-hydrogen) atoms. The summed E-state index contributed by atoms with van der Waals surface area (Å²) in [4.78, 5) is 11.6. The van der Waals surface area contributed by atoms with Gasteiger partial charge in [-0.05, 0) is 30.0 Å². The molecule has 1 aliphatic carbocycles. The minimum absolute atomic E-state index is 0.144. The maximum Gasteiger partial charge on any atom is 0.310 e. The molecule has 1 aliphatic rings. The monoisotopic (exact) mass is 283 g/mol. The molecule has 0 aromatic heterocycles. The van der Waals surface area contributed by atoms with Crippen LogP contribution in [-0.2, 0) is 22.4 Å². The van der Waals surface area contributed by atoms with Gasteiger partial charge >= 0.3 is 5.97 Å². The van der Waals surface area contributed by atoms with Gasteiger partial charge in [-0.3, -0.25) is 4.79 Å². The van der Waals surface area contributed by atoms with Crippen molar-refractivity contribution in [3.8, 4) is 0 Å². The van der Waals surface area contributed by atoms with Crippen LogP contribution in [0.25, 0.3) is 0 Å². The molecule has 1 aromatic rings. The van der Waals surface area contributed by atoms with Gasteiger partial charge < -0.3 is 10.5 Å². The summed E-state index contributed by atoms with van der Waals surface area (Å²) in [6, 6.07) is 5.90.